The number of aromatic nitrogens is 1. The van der Waals surface area contributed by atoms with E-state index in [1.54, 1.807) is 12.4 Å². The molecule has 1 aromatic heterocycles. The van der Waals surface area contributed by atoms with Crippen molar-refractivity contribution in [2.24, 2.45) is 0 Å². The minimum Gasteiger partial charge on any atom is -0.494 e. The quantitative estimate of drug-likeness (QED) is 0.878. The van der Waals surface area contributed by atoms with E-state index in [1.165, 1.54) is 0 Å². The zero-order valence-corrected chi connectivity index (χ0v) is 10.4. The highest BCUT2D eigenvalue weighted by molar-refractivity contribution is 5.30. The maximum absolute atomic E-state index is 10.2. The SMILES string of the molecule is CCOc1cccc(C(O)Cc2ccncc2)c1. The van der Waals surface area contributed by atoms with Gasteiger partial charge in [-0.2, -0.15) is 0 Å². The van der Waals surface area contributed by atoms with E-state index in [0.29, 0.717) is 13.0 Å². The van der Waals surface area contributed by atoms with Crippen LogP contribution in [-0.4, -0.2) is 16.7 Å². The van der Waals surface area contributed by atoms with Crippen molar-refractivity contribution >= 4 is 0 Å². The third-order valence-electron chi connectivity index (χ3n) is 2.73. The molecule has 0 spiro atoms. The Kier molecular flexibility index (Phi) is 4.31. The number of pyridine rings is 1. The Morgan fingerprint density at radius 3 is 2.72 bits per heavy atom. The van der Waals surface area contributed by atoms with Crippen molar-refractivity contribution in [3.05, 3.63) is 59.9 Å². The Hall–Kier alpha value is -1.87. The Bertz CT molecular complexity index is 485. The molecule has 3 heteroatoms. The topological polar surface area (TPSA) is 42.4 Å². The molecule has 0 saturated heterocycles. The second-order valence-electron chi connectivity index (χ2n) is 4.08. The highest BCUT2D eigenvalue weighted by Gasteiger charge is 2.09. The van der Waals surface area contributed by atoms with Gasteiger partial charge in [0.15, 0.2) is 0 Å². The summed E-state index contributed by atoms with van der Waals surface area (Å²) in [5.41, 5.74) is 1.94. The van der Waals surface area contributed by atoms with Crippen LogP contribution in [0.2, 0.25) is 0 Å². The van der Waals surface area contributed by atoms with Crippen LogP contribution in [0.5, 0.6) is 5.75 Å². The number of nitrogens with zero attached hydrogens (tertiary/aromatic N) is 1. The highest BCUT2D eigenvalue weighted by Crippen LogP contribution is 2.22. The lowest BCUT2D eigenvalue weighted by Gasteiger charge is -2.12. The van der Waals surface area contributed by atoms with Crippen LogP contribution in [0.4, 0.5) is 0 Å². The molecule has 0 amide bonds. The Balaban J connectivity index is 2.08. The Labute approximate surface area is 107 Å². The van der Waals surface area contributed by atoms with Gasteiger partial charge in [-0.15, -0.1) is 0 Å². The summed E-state index contributed by atoms with van der Waals surface area (Å²) in [6, 6.07) is 11.4. The summed E-state index contributed by atoms with van der Waals surface area (Å²) >= 11 is 0. The maximum atomic E-state index is 10.2. The molecule has 1 atom stereocenters. The van der Waals surface area contributed by atoms with Crippen LogP contribution in [0.25, 0.3) is 0 Å². The van der Waals surface area contributed by atoms with E-state index in [2.05, 4.69) is 4.98 Å². The third kappa shape index (κ3) is 3.31. The van der Waals surface area contributed by atoms with Gasteiger partial charge in [0.25, 0.3) is 0 Å². The summed E-state index contributed by atoms with van der Waals surface area (Å²) in [5.74, 6) is 0.795. The standard InChI is InChI=1S/C15H17NO2/c1-2-18-14-5-3-4-13(11-14)15(17)10-12-6-8-16-9-7-12/h3-9,11,15,17H,2,10H2,1H3. The number of rotatable bonds is 5. The fraction of sp³-hybridized carbons (Fsp3) is 0.267. The lowest BCUT2D eigenvalue weighted by Crippen LogP contribution is -2.02. The molecule has 1 aromatic carbocycles. The van der Waals surface area contributed by atoms with Gasteiger partial charge < -0.3 is 9.84 Å². The molecule has 0 fully saturated rings. The lowest BCUT2D eigenvalue weighted by molar-refractivity contribution is 0.178. The zero-order chi connectivity index (χ0) is 12.8. The van der Waals surface area contributed by atoms with E-state index in [1.807, 2.05) is 43.3 Å². The number of hydrogen-bond donors (Lipinski definition) is 1. The predicted molar refractivity (Wildman–Crippen MR) is 70.5 cm³/mol. The normalized spacial score (nSPS) is 12.1. The smallest absolute Gasteiger partial charge is 0.119 e. The predicted octanol–water partition coefficient (Wildman–Crippen LogP) is 2.76. The number of ether oxygens (including phenoxy) is 1. The molecule has 18 heavy (non-hydrogen) atoms. The average Bonchev–Trinajstić information content (AvgIpc) is 2.40. The first-order valence-corrected chi connectivity index (χ1v) is 6.09. The fourth-order valence-electron chi connectivity index (χ4n) is 1.84. The number of benzene rings is 1. The highest BCUT2D eigenvalue weighted by atomic mass is 16.5. The van der Waals surface area contributed by atoms with E-state index in [-0.39, 0.29) is 0 Å². The molecule has 0 aliphatic carbocycles. The molecule has 2 aromatic rings. The summed E-state index contributed by atoms with van der Waals surface area (Å²) in [5, 5.41) is 10.2. The first-order chi connectivity index (χ1) is 8.79. The number of hydrogen-bond acceptors (Lipinski definition) is 3. The molecule has 1 heterocycles. The molecule has 2 rings (SSSR count). The van der Waals surface area contributed by atoms with Crippen molar-refractivity contribution in [3.63, 3.8) is 0 Å². The van der Waals surface area contributed by atoms with Gasteiger partial charge in [0.2, 0.25) is 0 Å². The Morgan fingerprint density at radius 2 is 2.00 bits per heavy atom. The maximum Gasteiger partial charge on any atom is 0.119 e. The molecule has 0 aliphatic rings. The number of aliphatic hydroxyl groups excluding tert-OH is 1. The van der Waals surface area contributed by atoms with Gasteiger partial charge in [0.1, 0.15) is 5.75 Å². The van der Waals surface area contributed by atoms with Crippen molar-refractivity contribution in [2.45, 2.75) is 19.4 Å². The van der Waals surface area contributed by atoms with Crippen molar-refractivity contribution in [1.29, 1.82) is 0 Å². The number of aliphatic hydroxyl groups is 1. The molecule has 0 radical (unpaired) electrons. The first-order valence-electron chi connectivity index (χ1n) is 6.09. The molecule has 1 unspecified atom stereocenters. The molecular weight excluding hydrogens is 226 g/mol. The van der Waals surface area contributed by atoms with Gasteiger partial charge in [0.05, 0.1) is 12.7 Å². The average molecular weight is 243 g/mol. The van der Waals surface area contributed by atoms with Crippen LogP contribution in [0, 0.1) is 0 Å². The molecule has 3 nitrogen and oxygen atoms in total. The van der Waals surface area contributed by atoms with Crippen molar-refractivity contribution in [3.8, 4) is 5.75 Å². The van der Waals surface area contributed by atoms with Crippen LogP contribution < -0.4 is 4.74 Å². The van der Waals surface area contributed by atoms with Gasteiger partial charge >= 0.3 is 0 Å². The van der Waals surface area contributed by atoms with E-state index >= 15 is 0 Å². The monoisotopic (exact) mass is 243 g/mol. The molecular formula is C15H17NO2. The second kappa shape index (κ2) is 6.17. The molecule has 0 saturated carbocycles. The summed E-state index contributed by atoms with van der Waals surface area (Å²) in [6.07, 6.45) is 3.53. The second-order valence-corrected chi connectivity index (χ2v) is 4.08. The van der Waals surface area contributed by atoms with Crippen LogP contribution in [0.3, 0.4) is 0 Å². The van der Waals surface area contributed by atoms with Crippen LogP contribution in [0.15, 0.2) is 48.8 Å². The van der Waals surface area contributed by atoms with Gasteiger partial charge in [-0.1, -0.05) is 12.1 Å². The summed E-state index contributed by atoms with van der Waals surface area (Å²) in [4.78, 5) is 3.96. The van der Waals surface area contributed by atoms with Crippen molar-refractivity contribution in [1.82, 2.24) is 4.98 Å². The summed E-state index contributed by atoms with van der Waals surface area (Å²) in [7, 11) is 0. The molecule has 94 valence electrons. The first kappa shape index (κ1) is 12.6. The summed E-state index contributed by atoms with van der Waals surface area (Å²) < 4.78 is 5.43. The van der Waals surface area contributed by atoms with E-state index < -0.39 is 6.10 Å². The van der Waals surface area contributed by atoms with E-state index in [9.17, 15) is 5.11 Å². The van der Waals surface area contributed by atoms with Crippen LogP contribution in [-0.2, 0) is 6.42 Å². The van der Waals surface area contributed by atoms with E-state index in [0.717, 1.165) is 16.9 Å². The van der Waals surface area contributed by atoms with Crippen LogP contribution in [0.1, 0.15) is 24.2 Å². The zero-order valence-electron chi connectivity index (χ0n) is 10.4. The van der Waals surface area contributed by atoms with Gasteiger partial charge in [0, 0.05) is 18.8 Å². The lowest BCUT2D eigenvalue weighted by atomic mass is 10.0. The summed E-state index contributed by atoms with van der Waals surface area (Å²) in [6.45, 7) is 2.57. The minimum atomic E-state index is -0.521. The van der Waals surface area contributed by atoms with Crippen molar-refractivity contribution < 1.29 is 9.84 Å². The third-order valence-corrected chi connectivity index (χ3v) is 2.73. The molecule has 0 aliphatic heterocycles. The van der Waals surface area contributed by atoms with Crippen LogP contribution >= 0.6 is 0 Å². The Morgan fingerprint density at radius 1 is 1.22 bits per heavy atom. The largest absolute Gasteiger partial charge is 0.494 e. The van der Waals surface area contributed by atoms with Gasteiger partial charge in [-0.25, -0.2) is 0 Å². The molecule has 1 N–H and O–H groups in total. The minimum absolute atomic E-state index is 0.521. The van der Waals surface area contributed by atoms with Gasteiger partial charge in [-0.05, 0) is 42.3 Å². The molecule has 0 bridgehead atoms. The van der Waals surface area contributed by atoms with Crippen molar-refractivity contribution in [2.75, 3.05) is 6.61 Å². The van der Waals surface area contributed by atoms with E-state index in [4.69, 9.17) is 4.74 Å². The van der Waals surface area contributed by atoms with Gasteiger partial charge in [-0.3, -0.25) is 4.98 Å². The fourth-order valence-corrected chi connectivity index (χ4v) is 1.84.